The Morgan fingerprint density at radius 2 is 2.00 bits per heavy atom. The second kappa shape index (κ2) is 3.09. The van der Waals surface area contributed by atoms with Crippen LogP contribution in [0.3, 0.4) is 0 Å². The lowest BCUT2D eigenvalue weighted by molar-refractivity contribution is 0.865. The van der Waals surface area contributed by atoms with Crippen LogP contribution in [0, 0.1) is 0 Å². The molecule has 2 aromatic rings. The van der Waals surface area contributed by atoms with Gasteiger partial charge in [0.1, 0.15) is 5.52 Å². The Morgan fingerprint density at radius 1 is 1.15 bits per heavy atom. The number of rotatable bonds is 1. The third-order valence-corrected chi connectivity index (χ3v) is 2.06. The van der Waals surface area contributed by atoms with Gasteiger partial charge in [-0.2, -0.15) is 5.10 Å². The molecular weight excluding hydrogens is 162 g/mol. The van der Waals surface area contributed by atoms with Gasteiger partial charge >= 0.3 is 0 Å². The summed E-state index contributed by atoms with van der Waals surface area (Å²) in [7, 11) is 0. The first-order valence-electron chi connectivity index (χ1n) is 4.35. The molecule has 0 aliphatic heterocycles. The molecule has 0 radical (unpaired) electrons. The molecule has 13 heavy (non-hydrogen) atoms. The van der Waals surface area contributed by atoms with E-state index in [1.54, 1.807) is 6.20 Å². The van der Waals surface area contributed by atoms with E-state index in [0.717, 1.165) is 11.0 Å². The molecule has 0 saturated carbocycles. The molecule has 0 spiro atoms. The second-order valence-corrected chi connectivity index (χ2v) is 3.32. The van der Waals surface area contributed by atoms with Crippen LogP contribution in [-0.2, 0) is 0 Å². The van der Waals surface area contributed by atoms with Gasteiger partial charge in [0.25, 0.3) is 0 Å². The van der Waals surface area contributed by atoms with Crippen LogP contribution in [0.4, 0.5) is 0 Å². The van der Waals surface area contributed by atoms with E-state index < -0.39 is 0 Å². The first-order valence-corrected chi connectivity index (χ1v) is 4.35. The fourth-order valence-electron chi connectivity index (χ4n) is 1.38. The van der Waals surface area contributed by atoms with Crippen molar-refractivity contribution in [3.63, 3.8) is 0 Å². The van der Waals surface area contributed by atoms with Crippen molar-refractivity contribution in [2.75, 3.05) is 0 Å². The topological polar surface area (TPSA) is 38.7 Å². The monoisotopic (exact) mass is 173 g/mol. The van der Waals surface area contributed by atoms with Crippen molar-refractivity contribution in [2.45, 2.75) is 19.8 Å². The Balaban J connectivity index is 2.76. The number of pyridine rings is 1. The molecule has 66 valence electrons. The zero-order chi connectivity index (χ0) is 9.26. The SMILES string of the molecule is CC(C)c1ccnc2ccnnc12. The Morgan fingerprint density at radius 3 is 2.77 bits per heavy atom. The number of hydrogen-bond acceptors (Lipinski definition) is 3. The van der Waals surface area contributed by atoms with Gasteiger partial charge in [0, 0.05) is 6.20 Å². The number of nitrogens with zero attached hydrogens (tertiary/aromatic N) is 3. The smallest absolute Gasteiger partial charge is 0.115 e. The maximum atomic E-state index is 4.22. The molecule has 0 aliphatic carbocycles. The molecule has 0 aromatic carbocycles. The van der Waals surface area contributed by atoms with Crippen LogP contribution in [0.1, 0.15) is 25.3 Å². The average Bonchev–Trinajstić information content (AvgIpc) is 2.17. The lowest BCUT2D eigenvalue weighted by atomic mass is 10.0. The number of hydrogen-bond donors (Lipinski definition) is 0. The van der Waals surface area contributed by atoms with Gasteiger partial charge < -0.3 is 0 Å². The van der Waals surface area contributed by atoms with E-state index in [9.17, 15) is 0 Å². The van der Waals surface area contributed by atoms with Crippen LogP contribution in [0.25, 0.3) is 11.0 Å². The van der Waals surface area contributed by atoms with Crippen molar-refractivity contribution < 1.29 is 0 Å². The van der Waals surface area contributed by atoms with E-state index >= 15 is 0 Å². The van der Waals surface area contributed by atoms with Crippen LogP contribution < -0.4 is 0 Å². The summed E-state index contributed by atoms with van der Waals surface area (Å²) >= 11 is 0. The molecule has 0 amide bonds. The van der Waals surface area contributed by atoms with Gasteiger partial charge in [0.2, 0.25) is 0 Å². The summed E-state index contributed by atoms with van der Waals surface area (Å²) in [6.07, 6.45) is 3.48. The standard InChI is InChI=1S/C10H11N3/c1-7(2)8-3-5-11-9-4-6-12-13-10(8)9/h3-7H,1-2H3. The summed E-state index contributed by atoms with van der Waals surface area (Å²) in [5.41, 5.74) is 3.04. The maximum absolute atomic E-state index is 4.22. The van der Waals surface area contributed by atoms with Crippen LogP contribution in [0.15, 0.2) is 24.5 Å². The Hall–Kier alpha value is -1.51. The van der Waals surface area contributed by atoms with Crippen LogP contribution in [0.5, 0.6) is 0 Å². The van der Waals surface area contributed by atoms with Crippen molar-refractivity contribution >= 4 is 11.0 Å². The Kier molecular flexibility index (Phi) is 1.93. The maximum Gasteiger partial charge on any atom is 0.115 e. The minimum absolute atomic E-state index is 0.460. The molecule has 0 fully saturated rings. The van der Waals surface area contributed by atoms with Gasteiger partial charge in [-0.25, -0.2) is 0 Å². The highest BCUT2D eigenvalue weighted by Gasteiger charge is 2.05. The van der Waals surface area contributed by atoms with Gasteiger partial charge in [-0.3, -0.25) is 4.98 Å². The summed E-state index contributed by atoms with van der Waals surface area (Å²) < 4.78 is 0. The van der Waals surface area contributed by atoms with Gasteiger partial charge in [0.15, 0.2) is 0 Å². The fraction of sp³-hybridized carbons (Fsp3) is 0.300. The van der Waals surface area contributed by atoms with Crippen molar-refractivity contribution in [2.24, 2.45) is 0 Å². The fourth-order valence-corrected chi connectivity index (χ4v) is 1.38. The molecule has 0 bridgehead atoms. The number of aromatic nitrogens is 3. The lowest BCUT2D eigenvalue weighted by Crippen LogP contribution is -1.94. The van der Waals surface area contributed by atoms with Crippen LogP contribution in [-0.4, -0.2) is 15.2 Å². The van der Waals surface area contributed by atoms with Crippen molar-refractivity contribution in [3.05, 3.63) is 30.1 Å². The van der Waals surface area contributed by atoms with Gasteiger partial charge in [-0.15, -0.1) is 5.10 Å². The third-order valence-electron chi connectivity index (χ3n) is 2.06. The van der Waals surface area contributed by atoms with E-state index in [1.807, 2.05) is 18.3 Å². The summed E-state index contributed by atoms with van der Waals surface area (Å²) in [5, 5.41) is 7.96. The summed E-state index contributed by atoms with van der Waals surface area (Å²) in [5.74, 6) is 0.460. The van der Waals surface area contributed by atoms with Crippen molar-refractivity contribution in [1.82, 2.24) is 15.2 Å². The van der Waals surface area contributed by atoms with E-state index in [2.05, 4.69) is 29.0 Å². The van der Waals surface area contributed by atoms with Crippen LogP contribution >= 0.6 is 0 Å². The summed E-state index contributed by atoms with van der Waals surface area (Å²) in [4.78, 5) is 4.22. The average molecular weight is 173 g/mol. The highest BCUT2D eigenvalue weighted by Crippen LogP contribution is 2.20. The first-order chi connectivity index (χ1) is 6.29. The van der Waals surface area contributed by atoms with E-state index in [4.69, 9.17) is 0 Å². The number of fused-ring (bicyclic) bond motifs is 1. The molecule has 0 atom stereocenters. The zero-order valence-corrected chi connectivity index (χ0v) is 7.73. The molecule has 2 heterocycles. The largest absolute Gasteiger partial charge is 0.254 e. The van der Waals surface area contributed by atoms with E-state index in [1.165, 1.54) is 5.56 Å². The molecule has 0 N–H and O–H groups in total. The van der Waals surface area contributed by atoms with Crippen molar-refractivity contribution in [1.29, 1.82) is 0 Å². The Labute approximate surface area is 76.8 Å². The zero-order valence-electron chi connectivity index (χ0n) is 7.73. The predicted molar refractivity (Wildman–Crippen MR) is 51.4 cm³/mol. The Bertz CT molecular complexity index is 418. The van der Waals surface area contributed by atoms with Gasteiger partial charge in [0.05, 0.1) is 11.7 Å². The molecule has 2 aromatic heterocycles. The normalized spacial score (nSPS) is 11.0. The molecule has 0 unspecified atom stereocenters. The molecule has 0 saturated heterocycles. The van der Waals surface area contributed by atoms with E-state index in [-0.39, 0.29) is 0 Å². The molecule has 3 nitrogen and oxygen atoms in total. The molecule has 0 aliphatic rings. The van der Waals surface area contributed by atoms with E-state index in [0.29, 0.717) is 5.92 Å². The van der Waals surface area contributed by atoms with Crippen LogP contribution in [0.2, 0.25) is 0 Å². The molecular formula is C10H11N3. The highest BCUT2D eigenvalue weighted by atomic mass is 15.1. The summed E-state index contributed by atoms with van der Waals surface area (Å²) in [6.45, 7) is 4.28. The second-order valence-electron chi connectivity index (χ2n) is 3.32. The minimum atomic E-state index is 0.460. The molecule has 3 heteroatoms. The first kappa shape index (κ1) is 8.10. The van der Waals surface area contributed by atoms with Gasteiger partial charge in [-0.1, -0.05) is 13.8 Å². The quantitative estimate of drug-likeness (QED) is 0.663. The third kappa shape index (κ3) is 1.37. The minimum Gasteiger partial charge on any atom is -0.254 e. The molecule has 2 rings (SSSR count). The predicted octanol–water partition coefficient (Wildman–Crippen LogP) is 2.15. The van der Waals surface area contributed by atoms with Gasteiger partial charge in [-0.05, 0) is 23.6 Å². The van der Waals surface area contributed by atoms with Crippen molar-refractivity contribution in [3.8, 4) is 0 Å². The lowest BCUT2D eigenvalue weighted by Gasteiger charge is -2.06. The highest BCUT2D eigenvalue weighted by molar-refractivity contribution is 5.76. The summed E-state index contributed by atoms with van der Waals surface area (Å²) in [6, 6.07) is 3.88.